The molecule has 2 atom stereocenters. The highest BCUT2D eigenvalue weighted by molar-refractivity contribution is 5.81. The SMILES string of the molecule is C=CC(C)C(C=C)N=C(C)CC. The molecule has 12 heavy (non-hydrogen) atoms. The fourth-order valence-corrected chi connectivity index (χ4v) is 0.870. The molecule has 68 valence electrons. The average Bonchev–Trinajstić information content (AvgIpc) is 2.12. The number of rotatable bonds is 5. The first-order valence-electron chi connectivity index (χ1n) is 4.44. The van der Waals surface area contributed by atoms with Gasteiger partial charge < -0.3 is 0 Å². The van der Waals surface area contributed by atoms with Gasteiger partial charge in [-0.05, 0) is 19.3 Å². The lowest BCUT2D eigenvalue weighted by atomic mass is 10.0. The van der Waals surface area contributed by atoms with E-state index in [2.05, 4.69) is 32.0 Å². The van der Waals surface area contributed by atoms with Crippen molar-refractivity contribution < 1.29 is 0 Å². The quantitative estimate of drug-likeness (QED) is 0.438. The molecule has 1 nitrogen and oxygen atoms in total. The summed E-state index contributed by atoms with van der Waals surface area (Å²) in [5, 5.41) is 0. The molecule has 0 aliphatic rings. The highest BCUT2D eigenvalue weighted by Crippen LogP contribution is 2.10. The lowest BCUT2D eigenvalue weighted by molar-refractivity contribution is 0.634. The van der Waals surface area contributed by atoms with E-state index in [0.717, 1.165) is 6.42 Å². The van der Waals surface area contributed by atoms with Crippen molar-refractivity contribution in [3.63, 3.8) is 0 Å². The van der Waals surface area contributed by atoms with Crippen molar-refractivity contribution in [3.05, 3.63) is 25.3 Å². The topological polar surface area (TPSA) is 12.4 Å². The molecule has 0 spiro atoms. The van der Waals surface area contributed by atoms with Gasteiger partial charge >= 0.3 is 0 Å². The van der Waals surface area contributed by atoms with Crippen LogP contribution in [0.2, 0.25) is 0 Å². The first-order valence-corrected chi connectivity index (χ1v) is 4.44. The third-order valence-corrected chi connectivity index (χ3v) is 2.03. The second-order valence-electron chi connectivity index (χ2n) is 3.04. The molecule has 0 aromatic carbocycles. The predicted molar refractivity (Wildman–Crippen MR) is 56.7 cm³/mol. The van der Waals surface area contributed by atoms with Crippen LogP contribution in [-0.4, -0.2) is 11.8 Å². The molecule has 0 aliphatic carbocycles. The molecule has 0 heterocycles. The van der Waals surface area contributed by atoms with Crippen LogP contribution in [0.15, 0.2) is 30.3 Å². The van der Waals surface area contributed by atoms with Gasteiger partial charge in [0.2, 0.25) is 0 Å². The molecule has 0 aromatic rings. The van der Waals surface area contributed by atoms with Crippen molar-refractivity contribution in [3.8, 4) is 0 Å². The molecule has 0 saturated carbocycles. The van der Waals surface area contributed by atoms with E-state index in [9.17, 15) is 0 Å². The lowest BCUT2D eigenvalue weighted by Crippen LogP contribution is -2.12. The Kier molecular flexibility index (Phi) is 5.35. The number of hydrogen-bond acceptors (Lipinski definition) is 1. The van der Waals surface area contributed by atoms with Crippen molar-refractivity contribution in [1.82, 2.24) is 0 Å². The maximum Gasteiger partial charge on any atom is 0.0736 e. The second kappa shape index (κ2) is 5.76. The highest BCUT2D eigenvalue weighted by Gasteiger charge is 2.07. The van der Waals surface area contributed by atoms with Crippen LogP contribution in [0.25, 0.3) is 0 Å². The van der Waals surface area contributed by atoms with Gasteiger partial charge in [-0.15, -0.1) is 13.2 Å². The standard InChI is InChI=1S/C11H19N/c1-6-9(4)11(8-3)12-10(5)7-2/h6,8-9,11H,1,3,7H2,2,4-5H3. The Balaban J connectivity index is 4.35. The molecule has 0 bridgehead atoms. The monoisotopic (exact) mass is 165 g/mol. The Morgan fingerprint density at radius 2 is 2.00 bits per heavy atom. The van der Waals surface area contributed by atoms with Crippen LogP contribution in [0.3, 0.4) is 0 Å². The summed E-state index contributed by atoms with van der Waals surface area (Å²) < 4.78 is 0. The van der Waals surface area contributed by atoms with Gasteiger partial charge in [-0.3, -0.25) is 4.99 Å². The minimum absolute atomic E-state index is 0.197. The Bertz CT molecular complexity index is 179. The Labute approximate surface area is 75.9 Å². The first kappa shape index (κ1) is 11.2. The summed E-state index contributed by atoms with van der Waals surface area (Å²) in [6.45, 7) is 13.8. The first-order chi connectivity index (χ1) is 5.65. The summed E-state index contributed by atoms with van der Waals surface area (Å²) in [7, 11) is 0. The summed E-state index contributed by atoms with van der Waals surface area (Å²) in [6, 6.07) is 0.197. The Morgan fingerprint density at radius 3 is 2.33 bits per heavy atom. The Hall–Kier alpha value is -0.850. The molecule has 0 rings (SSSR count). The molecule has 0 aromatic heterocycles. The Morgan fingerprint density at radius 1 is 1.42 bits per heavy atom. The molecular weight excluding hydrogens is 146 g/mol. The zero-order valence-corrected chi connectivity index (χ0v) is 8.38. The lowest BCUT2D eigenvalue weighted by Gasteiger charge is -2.13. The highest BCUT2D eigenvalue weighted by atomic mass is 14.8. The summed E-state index contributed by atoms with van der Waals surface area (Å²) in [4.78, 5) is 4.51. The van der Waals surface area contributed by atoms with Gasteiger partial charge in [-0.2, -0.15) is 0 Å². The maximum absolute atomic E-state index is 4.51. The van der Waals surface area contributed by atoms with E-state index < -0.39 is 0 Å². The summed E-state index contributed by atoms with van der Waals surface area (Å²) in [5.41, 5.74) is 1.17. The minimum atomic E-state index is 0.197. The van der Waals surface area contributed by atoms with Crippen molar-refractivity contribution in [2.24, 2.45) is 10.9 Å². The number of aliphatic imine (C=N–C) groups is 1. The van der Waals surface area contributed by atoms with Gasteiger partial charge in [0.05, 0.1) is 6.04 Å². The molecule has 0 aliphatic heterocycles. The van der Waals surface area contributed by atoms with Crippen molar-refractivity contribution >= 4 is 5.71 Å². The average molecular weight is 165 g/mol. The van der Waals surface area contributed by atoms with E-state index in [1.165, 1.54) is 5.71 Å². The fourth-order valence-electron chi connectivity index (χ4n) is 0.870. The molecule has 0 fully saturated rings. The van der Waals surface area contributed by atoms with E-state index in [4.69, 9.17) is 0 Å². The predicted octanol–water partition coefficient (Wildman–Crippen LogP) is 3.23. The summed E-state index contributed by atoms with van der Waals surface area (Å²) >= 11 is 0. The molecule has 0 radical (unpaired) electrons. The van der Waals surface area contributed by atoms with Crippen molar-refractivity contribution in [2.45, 2.75) is 33.2 Å². The van der Waals surface area contributed by atoms with Gasteiger partial charge in [0, 0.05) is 5.71 Å². The maximum atomic E-state index is 4.51. The van der Waals surface area contributed by atoms with Crippen LogP contribution in [0.4, 0.5) is 0 Å². The normalized spacial score (nSPS) is 16.8. The number of hydrogen-bond donors (Lipinski definition) is 0. The zero-order valence-electron chi connectivity index (χ0n) is 8.38. The fraction of sp³-hybridized carbons (Fsp3) is 0.545. The molecule has 1 heteroatoms. The van der Waals surface area contributed by atoms with Gasteiger partial charge in [0.1, 0.15) is 0 Å². The molecule has 0 saturated heterocycles. The summed E-state index contributed by atoms with van der Waals surface area (Å²) in [5.74, 6) is 0.379. The van der Waals surface area contributed by atoms with Crippen LogP contribution in [0.5, 0.6) is 0 Å². The van der Waals surface area contributed by atoms with E-state index in [-0.39, 0.29) is 6.04 Å². The number of nitrogens with zero attached hydrogens (tertiary/aromatic N) is 1. The third kappa shape index (κ3) is 3.51. The third-order valence-electron chi connectivity index (χ3n) is 2.03. The van der Waals surface area contributed by atoms with Crippen LogP contribution < -0.4 is 0 Å². The van der Waals surface area contributed by atoms with Crippen LogP contribution >= 0.6 is 0 Å². The molecule has 0 N–H and O–H groups in total. The van der Waals surface area contributed by atoms with E-state index in [1.807, 2.05) is 19.1 Å². The largest absolute Gasteiger partial charge is 0.286 e. The van der Waals surface area contributed by atoms with Crippen LogP contribution in [-0.2, 0) is 0 Å². The van der Waals surface area contributed by atoms with Crippen LogP contribution in [0.1, 0.15) is 27.2 Å². The molecular formula is C11H19N. The van der Waals surface area contributed by atoms with Crippen molar-refractivity contribution in [2.75, 3.05) is 0 Å². The van der Waals surface area contributed by atoms with E-state index >= 15 is 0 Å². The second-order valence-corrected chi connectivity index (χ2v) is 3.04. The van der Waals surface area contributed by atoms with E-state index in [0.29, 0.717) is 5.92 Å². The minimum Gasteiger partial charge on any atom is -0.286 e. The zero-order chi connectivity index (χ0) is 9.56. The van der Waals surface area contributed by atoms with Gasteiger partial charge in [-0.25, -0.2) is 0 Å². The smallest absolute Gasteiger partial charge is 0.0736 e. The van der Waals surface area contributed by atoms with Crippen molar-refractivity contribution in [1.29, 1.82) is 0 Å². The van der Waals surface area contributed by atoms with Gasteiger partial charge in [0.25, 0.3) is 0 Å². The van der Waals surface area contributed by atoms with Gasteiger partial charge in [0.15, 0.2) is 0 Å². The molecule has 0 amide bonds. The van der Waals surface area contributed by atoms with Gasteiger partial charge in [-0.1, -0.05) is 26.0 Å². The molecule has 2 unspecified atom stereocenters. The summed E-state index contributed by atoms with van der Waals surface area (Å²) in [6.07, 6.45) is 4.80. The van der Waals surface area contributed by atoms with Crippen LogP contribution in [0, 0.1) is 5.92 Å². The van der Waals surface area contributed by atoms with E-state index in [1.54, 1.807) is 0 Å².